The van der Waals surface area contributed by atoms with Gasteiger partial charge in [0, 0.05) is 44.5 Å². The van der Waals surface area contributed by atoms with Crippen LogP contribution in [0.25, 0.3) is 0 Å². The molecule has 2 heterocycles. The van der Waals surface area contributed by atoms with Crippen molar-refractivity contribution in [3.8, 4) is 5.75 Å². The molecule has 1 amide bonds. The van der Waals surface area contributed by atoms with Crippen molar-refractivity contribution in [1.82, 2.24) is 10.6 Å². The van der Waals surface area contributed by atoms with Crippen LogP contribution in [-0.4, -0.2) is 38.3 Å². The maximum Gasteiger partial charge on any atom is 0.226 e. The Hall–Kier alpha value is -1.59. The minimum absolute atomic E-state index is 0.0520. The molecule has 5 heteroatoms. The fourth-order valence-corrected chi connectivity index (χ4v) is 3.65. The largest absolute Gasteiger partial charge is 0.487 e. The molecule has 0 saturated carbocycles. The van der Waals surface area contributed by atoms with Crippen molar-refractivity contribution in [2.45, 2.75) is 44.8 Å². The molecule has 0 aromatic heterocycles. The number of hydrogen-bond acceptors (Lipinski definition) is 4. The molecule has 5 nitrogen and oxygen atoms in total. The van der Waals surface area contributed by atoms with E-state index in [2.05, 4.69) is 16.7 Å². The molecule has 2 N–H and O–H groups in total. The van der Waals surface area contributed by atoms with Crippen molar-refractivity contribution < 1.29 is 14.3 Å². The van der Waals surface area contributed by atoms with E-state index in [0.29, 0.717) is 6.54 Å². The van der Waals surface area contributed by atoms with Crippen LogP contribution in [0, 0.1) is 5.41 Å². The molecule has 1 spiro atoms. The number of para-hydroxylation sites is 1. The highest BCUT2D eigenvalue weighted by molar-refractivity contribution is 5.81. The van der Waals surface area contributed by atoms with Crippen LogP contribution in [0.2, 0.25) is 0 Å². The summed E-state index contributed by atoms with van der Waals surface area (Å²) in [5.74, 6) is 1.01. The highest BCUT2D eigenvalue weighted by Gasteiger charge is 2.42. The van der Waals surface area contributed by atoms with Gasteiger partial charge in [0.15, 0.2) is 0 Å². The van der Waals surface area contributed by atoms with Crippen LogP contribution in [0.5, 0.6) is 5.75 Å². The van der Waals surface area contributed by atoms with Crippen molar-refractivity contribution in [3.63, 3.8) is 0 Å². The van der Waals surface area contributed by atoms with Gasteiger partial charge < -0.3 is 20.1 Å². The second-order valence-electron chi connectivity index (χ2n) is 7.54. The summed E-state index contributed by atoms with van der Waals surface area (Å²) in [7, 11) is 1.69. The quantitative estimate of drug-likeness (QED) is 0.889. The summed E-state index contributed by atoms with van der Waals surface area (Å²) in [6.45, 7) is 6.05. The van der Waals surface area contributed by atoms with E-state index in [-0.39, 0.29) is 17.6 Å². The Balaban J connectivity index is 1.79. The van der Waals surface area contributed by atoms with Gasteiger partial charge in [0.1, 0.15) is 11.4 Å². The Morgan fingerprint density at radius 3 is 2.71 bits per heavy atom. The molecule has 24 heavy (non-hydrogen) atoms. The van der Waals surface area contributed by atoms with Crippen LogP contribution >= 0.6 is 0 Å². The van der Waals surface area contributed by atoms with Crippen molar-refractivity contribution in [2.24, 2.45) is 5.41 Å². The van der Waals surface area contributed by atoms with E-state index in [0.717, 1.165) is 38.2 Å². The first-order valence-electron chi connectivity index (χ1n) is 8.77. The lowest BCUT2D eigenvalue weighted by Crippen LogP contribution is -2.50. The predicted octanol–water partition coefficient (Wildman–Crippen LogP) is 2.42. The van der Waals surface area contributed by atoms with Gasteiger partial charge in [-0.25, -0.2) is 0 Å². The first-order chi connectivity index (χ1) is 11.5. The van der Waals surface area contributed by atoms with E-state index in [9.17, 15) is 4.79 Å². The number of benzene rings is 1. The zero-order valence-electron chi connectivity index (χ0n) is 14.9. The fourth-order valence-electron chi connectivity index (χ4n) is 3.65. The topological polar surface area (TPSA) is 59.6 Å². The van der Waals surface area contributed by atoms with E-state index < -0.39 is 5.41 Å². The van der Waals surface area contributed by atoms with Gasteiger partial charge in [0.2, 0.25) is 5.91 Å². The molecule has 1 atom stereocenters. The third-order valence-corrected chi connectivity index (χ3v) is 5.23. The summed E-state index contributed by atoms with van der Waals surface area (Å²) < 4.78 is 11.9. The number of carbonyl (C=O) groups is 1. The van der Waals surface area contributed by atoms with E-state index >= 15 is 0 Å². The summed E-state index contributed by atoms with van der Waals surface area (Å²) in [6, 6.07) is 8.42. The van der Waals surface area contributed by atoms with Crippen LogP contribution in [0.3, 0.4) is 0 Å². The average Bonchev–Trinajstić information content (AvgIpc) is 2.59. The van der Waals surface area contributed by atoms with Crippen LogP contribution < -0.4 is 15.4 Å². The molecule has 0 bridgehead atoms. The standard InChI is InChI=1S/C19H28N2O3/c1-18(2,17(22)20-3)13-21-15-12-19(8-10-23-11-9-19)24-16-7-5-4-6-14(15)16/h4-7,15,21H,8-13H2,1-3H3,(H,20,22). The van der Waals surface area contributed by atoms with Crippen LogP contribution in [0.1, 0.15) is 44.7 Å². The SMILES string of the molecule is CNC(=O)C(C)(C)CNC1CC2(CCOCC2)Oc2ccccc21. The van der Waals surface area contributed by atoms with Gasteiger partial charge in [-0.2, -0.15) is 0 Å². The highest BCUT2D eigenvalue weighted by atomic mass is 16.5. The van der Waals surface area contributed by atoms with E-state index in [1.807, 2.05) is 32.0 Å². The fraction of sp³-hybridized carbons (Fsp3) is 0.632. The van der Waals surface area contributed by atoms with Gasteiger partial charge in [0.05, 0.1) is 18.6 Å². The smallest absolute Gasteiger partial charge is 0.226 e. The molecule has 2 aliphatic rings. The third-order valence-electron chi connectivity index (χ3n) is 5.23. The minimum Gasteiger partial charge on any atom is -0.487 e. The van der Waals surface area contributed by atoms with Crippen molar-refractivity contribution >= 4 is 5.91 Å². The van der Waals surface area contributed by atoms with Gasteiger partial charge in [-0.3, -0.25) is 4.79 Å². The Labute approximate surface area is 144 Å². The maximum absolute atomic E-state index is 12.1. The van der Waals surface area contributed by atoms with Gasteiger partial charge in [-0.05, 0) is 19.9 Å². The van der Waals surface area contributed by atoms with E-state index in [4.69, 9.17) is 9.47 Å². The maximum atomic E-state index is 12.1. The predicted molar refractivity (Wildman–Crippen MR) is 93.1 cm³/mol. The second kappa shape index (κ2) is 6.73. The average molecular weight is 332 g/mol. The normalized spacial score (nSPS) is 22.5. The Bertz CT molecular complexity index is 594. The van der Waals surface area contributed by atoms with Crippen molar-refractivity contribution in [3.05, 3.63) is 29.8 Å². The van der Waals surface area contributed by atoms with Gasteiger partial charge in [-0.15, -0.1) is 0 Å². The molecule has 1 aromatic carbocycles. The molecule has 1 saturated heterocycles. The molecule has 0 radical (unpaired) electrons. The summed E-state index contributed by atoms with van der Waals surface area (Å²) in [5.41, 5.74) is 0.578. The highest BCUT2D eigenvalue weighted by Crippen LogP contribution is 2.44. The second-order valence-corrected chi connectivity index (χ2v) is 7.54. The molecule has 1 aromatic rings. The Morgan fingerprint density at radius 2 is 2.00 bits per heavy atom. The third kappa shape index (κ3) is 3.42. The number of rotatable bonds is 4. The number of nitrogens with one attached hydrogen (secondary N) is 2. The molecular weight excluding hydrogens is 304 g/mol. The molecule has 132 valence electrons. The number of ether oxygens (including phenoxy) is 2. The summed E-state index contributed by atoms with van der Waals surface area (Å²) in [6.07, 6.45) is 2.74. The molecule has 0 aliphatic carbocycles. The zero-order valence-corrected chi connectivity index (χ0v) is 14.9. The van der Waals surface area contributed by atoms with Gasteiger partial charge in [0.25, 0.3) is 0 Å². The number of hydrogen-bond donors (Lipinski definition) is 2. The lowest BCUT2D eigenvalue weighted by atomic mass is 9.81. The van der Waals surface area contributed by atoms with Gasteiger partial charge >= 0.3 is 0 Å². The van der Waals surface area contributed by atoms with E-state index in [1.165, 1.54) is 5.56 Å². The molecule has 1 fully saturated rings. The minimum atomic E-state index is -0.454. The monoisotopic (exact) mass is 332 g/mol. The van der Waals surface area contributed by atoms with Crippen LogP contribution in [0.4, 0.5) is 0 Å². The summed E-state index contributed by atoms with van der Waals surface area (Å²) >= 11 is 0. The first-order valence-corrected chi connectivity index (χ1v) is 8.77. The Morgan fingerprint density at radius 1 is 1.29 bits per heavy atom. The number of amides is 1. The summed E-state index contributed by atoms with van der Waals surface area (Å²) in [5, 5.41) is 6.37. The van der Waals surface area contributed by atoms with Crippen molar-refractivity contribution in [2.75, 3.05) is 26.8 Å². The van der Waals surface area contributed by atoms with Crippen LogP contribution in [0.15, 0.2) is 24.3 Å². The molecule has 1 unspecified atom stereocenters. The van der Waals surface area contributed by atoms with Crippen molar-refractivity contribution in [1.29, 1.82) is 0 Å². The molecular formula is C19H28N2O3. The number of fused-ring (bicyclic) bond motifs is 1. The zero-order chi connectivity index (χ0) is 17.2. The van der Waals surface area contributed by atoms with Gasteiger partial charge in [-0.1, -0.05) is 18.2 Å². The van der Waals surface area contributed by atoms with Crippen LogP contribution in [-0.2, 0) is 9.53 Å². The van der Waals surface area contributed by atoms with E-state index in [1.54, 1.807) is 7.05 Å². The Kier molecular flexibility index (Phi) is 4.83. The lowest BCUT2D eigenvalue weighted by Gasteiger charge is -2.45. The molecule has 3 rings (SSSR count). The lowest BCUT2D eigenvalue weighted by molar-refractivity contribution is -0.128. The first kappa shape index (κ1) is 17.2. The number of carbonyl (C=O) groups excluding carboxylic acids is 1. The molecule has 2 aliphatic heterocycles. The summed E-state index contributed by atoms with van der Waals surface area (Å²) in [4.78, 5) is 12.1.